The molecule has 2 aromatic rings. The number of hydrogen-bond acceptors (Lipinski definition) is 7. The minimum absolute atomic E-state index is 0.0382. The van der Waals surface area contributed by atoms with Crippen LogP contribution < -0.4 is 14.4 Å². The third-order valence-corrected chi connectivity index (χ3v) is 6.32. The average Bonchev–Trinajstić information content (AvgIpc) is 2.99. The van der Waals surface area contributed by atoms with Crippen molar-refractivity contribution in [1.29, 1.82) is 0 Å². The number of rotatable bonds is 5. The normalized spacial score (nSPS) is 21.3. The summed E-state index contributed by atoms with van der Waals surface area (Å²) < 4.78 is 11.9. The molecule has 4 rings (SSSR count). The fourth-order valence-electron chi connectivity index (χ4n) is 4.55. The van der Waals surface area contributed by atoms with Gasteiger partial charge in [0.2, 0.25) is 11.9 Å². The van der Waals surface area contributed by atoms with Gasteiger partial charge in [0, 0.05) is 70.1 Å². The smallest absolute Gasteiger partial charge is 0.224 e. The lowest BCUT2D eigenvalue weighted by Crippen LogP contribution is -2.46. The van der Waals surface area contributed by atoms with Crippen molar-refractivity contribution in [3.8, 4) is 11.5 Å². The SMILES string of the molecule is COc1ccc2c(c1)CN(C(C)=O)CC(C1CCCN(Cc3cnc(N(C)C)nc3)C1)O2. The van der Waals surface area contributed by atoms with Crippen molar-refractivity contribution >= 4 is 11.9 Å². The highest BCUT2D eigenvalue weighted by Crippen LogP contribution is 2.33. The van der Waals surface area contributed by atoms with Gasteiger partial charge in [-0.05, 0) is 37.6 Å². The molecule has 0 aliphatic carbocycles. The lowest BCUT2D eigenvalue weighted by molar-refractivity contribution is -0.130. The highest BCUT2D eigenvalue weighted by atomic mass is 16.5. The molecular formula is C24H33N5O3. The quantitative estimate of drug-likeness (QED) is 0.709. The van der Waals surface area contributed by atoms with Crippen molar-refractivity contribution in [2.45, 2.75) is 39.0 Å². The monoisotopic (exact) mass is 439 g/mol. The topological polar surface area (TPSA) is 71.0 Å². The molecule has 32 heavy (non-hydrogen) atoms. The van der Waals surface area contributed by atoms with Crippen LogP contribution in [0, 0.1) is 5.92 Å². The molecule has 0 saturated carbocycles. The first-order valence-corrected chi connectivity index (χ1v) is 11.2. The molecule has 0 radical (unpaired) electrons. The van der Waals surface area contributed by atoms with Crippen molar-refractivity contribution in [2.75, 3.05) is 45.7 Å². The number of nitrogens with zero attached hydrogens (tertiary/aromatic N) is 5. The summed E-state index contributed by atoms with van der Waals surface area (Å²) in [6, 6.07) is 5.86. The highest BCUT2D eigenvalue weighted by molar-refractivity contribution is 5.73. The lowest BCUT2D eigenvalue weighted by Gasteiger charge is -2.37. The zero-order valence-electron chi connectivity index (χ0n) is 19.5. The first-order chi connectivity index (χ1) is 15.4. The van der Waals surface area contributed by atoms with Gasteiger partial charge in [-0.15, -0.1) is 0 Å². The van der Waals surface area contributed by atoms with E-state index in [1.807, 2.05) is 54.5 Å². The van der Waals surface area contributed by atoms with Crippen LogP contribution >= 0.6 is 0 Å². The summed E-state index contributed by atoms with van der Waals surface area (Å²) in [6.07, 6.45) is 5.99. The molecule has 2 aliphatic rings. The summed E-state index contributed by atoms with van der Waals surface area (Å²) in [6.45, 7) is 5.57. The van der Waals surface area contributed by atoms with Gasteiger partial charge >= 0.3 is 0 Å². The number of amides is 1. The summed E-state index contributed by atoms with van der Waals surface area (Å²) in [5.41, 5.74) is 2.11. The summed E-state index contributed by atoms with van der Waals surface area (Å²) in [7, 11) is 5.53. The van der Waals surface area contributed by atoms with Crippen LogP contribution in [0.1, 0.15) is 30.9 Å². The molecular weight excluding hydrogens is 406 g/mol. The van der Waals surface area contributed by atoms with E-state index >= 15 is 0 Å². The van der Waals surface area contributed by atoms with Gasteiger partial charge in [0.15, 0.2) is 0 Å². The summed E-state index contributed by atoms with van der Waals surface area (Å²) >= 11 is 0. The Bertz CT molecular complexity index is 934. The van der Waals surface area contributed by atoms with Gasteiger partial charge < -0.3 is 19.3 Å². The van der Waals surface area contributed by atoms with E-state index in [0.717, 1.165) is 61.1 Å². The van der Waals surface area contributed by atoms with E-state index < -0.39 is 0 Å². The molecule has 2 unspecified atom stereocenters. The number of ether oxygens (including phenoxy) is 2. The van der Waals surface area contributed by atoms with Crippen LogP contribution in [0.3, 0.4) is 0 Å². The van der Waals surface area contributed by atoms with Crippen LogP contribution in [-0.4, -0.2) is 72.6 Å². The molecule has 0 spiro atoms. The largest absolute Gasteiger partial charge is 0.497 e. The molecule has 0 bridgehead atoms. The number of likely N-dealkylation sites (tertiary alicyclic amines) is 1. The second-order valence-electron chi connectivity index (χ2n) is 8.95. The minimum Gasteiger partial charge on any atom is -0.497 e. The van der Waals surface area contributed by atoms with Crippen LogP contribution in [0.4, 0.5) is 5.95 Å². The van der Waals surface area contributed by atoms with Crippen LogP contribution in [0.2, 0.25) is 0 Å². The molecule has 1 fully saturated rings. The van der Waals surface area contributed by atoms with Crippen molar-refractivity contribution in [3.63, 3.8) is 0 Å². The third-order valence-electron chi connectivity index (χ3n) is 6.32. The van der Waals surface area contributed by atoms with Crippen LogP contribution in [0.25, 0.3) is 0 Å². The number of carbonyl (C=O) groups is 1. The van der Waals surface area contributed by atoms with Gasteiger partial charge in [0.25, 0.3) is 0 Å². The number of fused-ring (bicyclic) bond motifs is 1. The second kappa shape index (κ2) is 9.73. The Labute approximate surface area is 190 Å². The van der Waals surface area contributed by atoms with Gasteiger partial charge in [-0.25, -0.2) is 9.97 Å². The van der Waals surface area contributed by atoms with E-state index in [2.05, 4.69) is 14.9 Å². The molecule has 1 saturated heterocycles. The number of piperidine rings is 1. The van der Waals surface area contributed by atoms with Crippen LogP contribution in [-0.2, 0) is 17.9 Å². The molecule has 2 aliphatic heterocycles. The number of aromatic nitrogens is 2. The van der Waals surface area contributed by atoms with E-state index in [-0.39, 0.29) is 12.0 Å². The van der Waals surface area contributed by atoms with Gasteiger partial charge in [-0.1, -0.05) is 0 Å². The molecule has 8 heteroatoms. The van der Waals surface area contributed by atoms with Gasteiger partial charge in [-0.3, -0.25) is 9.69 Å². The Morgan fingerprint density at radius 3 is 2.72 bits per heavy atom. The second-order valence-corrected chi connectivity index (χ2v) is 8.95. The zero-order chi connectivity index (χ0) is 22.7. The van der Waals surface area contributed by atoms with E-state index in [0.29, 0.717) is 19.0 Å². The number of methoxy groups -OCH3 is 1. The Hall–Kier alpha value is -2.87. The maximum Gasteiger partial charge on any atom is 0.224 e. The fourth-order valence-corrected chi connectivity index (χ4v) is 4.55. The van der Waals surface area contributed by atoms with E-state index in [1.54, 1.807) is 14.0 Å². The first-order valence-electron chi connectivity index (χ1n) is 11.2. The van der Waals surface area contributed by atoms with Crippen molar-refractivity contribution < 1.29 is 14.3 Å². The molecule has 8 nitrogen and oxygen atoms in total. The van der Waals surface area contributed by atoms with Crippen molar-refractivity contribution in [2.24, 2.45) is 5.92 Å². The molecule has 0 N–H and O–H groups in total. The van der Waals surface area contributed by atoms with Crippen molar-refractivity contribution in [3.05, 3.63) is 41.7 Å². The number of hydrogen-bond donors (Lipinski definition) is 0. The Morgan fingerprint density at radius 2 is 2.03 bits per heavy atom. The molecule has 2 atom stereocenters. The molecule has 172 valence electrons. The van der Waals surface area contributed by atoms with Crippen molar-refractivity contribution in [1.82, 2.24) is 19.8 Å². The van der Waals surface area contributed by atoms with Gasteiger partial charge in [0.1, 0.15) is 17.6 Å². The predicted octanol–water partition coefficient (Wildman–Crippen LogP) is 2.57. The Morgan fingerprint density at radius 1 is 1.25 bits per heavy atom. The van der Waals surface area contributed by atoms with Gasteiger partial charge in [-0.2, -0.15) is 0 Å². The standard InChI is InChI=1S/C24H33N5O3/c1-17(30)29-15-20-10-21(31-4)7-8-22(20)32-23(16-29)19-6-5-9-28(14-19)13-18-11-25-24(26-12-18)27(2)3/h7-8,10-12,19,23H,5-6,9,13-16H2,1-4H3. The zero-order valence-corrected chi connectivity index (χ0v) is 19.5. The molecule has 1 aromatic heterocycles. The number of anilines is 1. The van der Waals surface area contributed by atoms with E-state index in [1.165, 1.54) is 0 Å². The van der Waals surface area contributed by atoms with E-state index in [9.17, 15) is 4.79 Å². The molecule has 1 aromatic carbocycles. The average molecular weight is 440 g/mol. The Kier molecular flexibility index (Phi) is 6.79. The fraction of sp³-hybridized carbons (Fsp3) is 0.542. The molecule has 3 heterocycles. The predicted molar refractivity (Wildman–Crippen MR) is 123 cm³/mol. The third kappa shape index (κ3) is 5.12. The maximum absolute atomic E-state index is 12.3. The van der Waals surface area contributed by atoms with Gasteiger partial charge in [0.05, 0.1) is 13.7 Å². The lowest BCUT2D eigenvalue weighted by atomic mass is 9.91. The first kappa shape index (κ1) is 22.3. The number of carbonyl (C=O) groups excluding carboxylic acids is 1. The summed E-state index contributed by atoms with van der Waals surface area (Å²) in [5.74, 6) is 2.77. The minimum atomic E-state index is -0.0382. The maximum atomic E-state index is 12.3. The summed E-state index contributed by atoms with van der Waals surface area (Å²) in [5, 5.41) is 0. The Balaban J connectivity index is 1.47. The molecule has 1 amide bonds. The van der Waals surface area contributed by atoms with E-state index in [4.69, 9.17) is 9.47 Å². The summed E-state index contributed by atoms with van der Waals surface area (Å²) in [4.78, 5) is 27.5. The number of benzene rings is 1. The van der Waals surface area contributed by atoms with Crippen LogP contribution in [0.15, 0.2) is 30.6 Å². The highest BCUT2D eigenvalue weighted by Gasteiger charge is 2.33. The van der Waals surface area contributed by atoms with Crippen LogP contribution in [0.5, 0.6) is 11.5 Å².